The molecule has 0 atom stereocenters. The molecule has 0 radical (unpaired) electrons. The van der Waals surface area contributed by atoms with Gasteiger partial charge in [-0.2, -0.15) is 0 Å². The molecule has 4 rings (SSSR count). The Bertz CT molecular complexity index is 1050. The molecule has 128 valence electrons. The number of halogens is 1. The SMILES string of the molecule is O=C(c1ccccc1)c1oc2ccccc2c1NCc1ccc(F)cc1. The molecule has 26 heavy (non-hydrogen) atoms. The number of furan rings is 1. The van der Waals surface area contributed by atoms with Crippen LogP contribution in [0.15, 0.2) is 83.3 Å². The number of hydrogen-bond donors (Lipinski definition) is 1. The molecule has 3 aromatic carbocycles. The second kappa shape index (κ2) is 6.84. The topological polar surface area (TPSA) is 42.2 Å². The second-order valence-electron chi connectivity index (χ2n) is 5.98. The number of benzene rings is 3. The summed E-state index contributed by atoms with van der Waals surface area (Å²) in [6.07, 6.45) is 0. The normalized spacial score (nSPS) is 10.8. The van der Waals surface area contributed by atoms with Crippen LogP contribution in [0, 0.1) is 5.82 Å². The Morgan fingerprint density at radius 1 is 0.885 bits per heavy atom. The summed E-state index contributed by atoms with van der Waals surface area (Å²) in [6, 6.07) is 22.8. The monoisotopic (exact) mass is 345 g/mol. The van der Waals surface area contributed by atoms with Gasteiger partial charge in [0.15, 0.2) is 5.76 Å². The minimum absolute atomic E-state index is 0.177. The molecule has 0 bridgehead atoms. The van der Waals surface area contributed by atoms with Crippen molar-refractivity contribution in [2.24, 2.45) is 0 Å². The summed E-state index contributed by atoms with van der Waals surface area (Å²) < 4.78 is 18.9. The van der Waals surface area contributed by atoms with Crippen molar-refractivity contribution in [2.75, 3.05) is 5.32 Å². The Kier molecular flexibility index (Phi) is 4.23. The number of hydrogen-bond acceptors (Lipinski definition) is 3. The molecule has 0 unspecified atom stereocenters. The van der Waals surface area contributed by atoms with Crippen LogP contribution in [0.4, 0.5) is 10.1 Å². The molecular formula is C22H16FNO2. The molecule has 0 aliphatic carbocycles. The molecule has 1 N–H and O–H groups in total. The number of fused-ring (bicyclic) bond motifs is 1. The van der Waals surface area contributed by atoms with Crippen LogP contribution in [-0.4, -0.2) is 5.78 Å². The van der Waals surface area contributed by atoms with E-state index in [1.54, 1.807) is 24.3 Å². The Morgan fingerprint density at radius 3 is 2.35 bits per heavy atom. The number of para-hydroxylation sites is 1. The van der Waals surface area contributed by atoms with Crippen LogP contribution < -0.4 is 5.32 Å². The van der Waals surface area contributed by atoms with Crippen molar-refractivity contribution in [2.45, 2.75) is 6.54 Å². The van der Waals surface area contributed by atoms with E-state index in [-0.39, 0.29) is 17.4 Å². The highest BCUT2D eigenvalue weighted by atomic mass is 19.1. The fourth-order valence-corrected chi connectivity index (χ4v) is 2.89. The molecule has 0 aliphatic heterocycles. The van der Waals surface area contributed by atoms with E-state index in [1.165, 1.54) is 12.1 Å². The van der Waals surface area contributed by atoms with E-state index in [9.17, 15) is 9.18 Å². The maximum absolute atomic E-state index is 13.1. The van der Waals surface area contributed by atoms with Crippen molar-refractivity contribution < 1.29 is 13.6 Å². The first-order valence-electron chi connectivity index (χ1n) is 8.32. The van der Waals surface area contributed by atoms with Crippen LogP contribution in [0.5, 0.6) is 0 Å². The average Bonchev–Trinajstić information content (AvgIpc) is 3.06. The van der Waals surface area contributed by atoms with E-state index in [1.807, 2.05) is 42.5 Å². The summed E-state index contributed by atoms with van der Waals surface area (Å²) in [4.78, 5) is 12.9. The molecular weight excluding hydrogens is 329 g/mol. The fourth-order valence-electron chi connectivity index (χ4n) is 2.89. The van der Waals surface area contributed by atoms with Crippen LogP contribution in [0.1, 0.15) is 21.7 Å². The quantitative estimate of drug-likeness (QED) is 0.491. The lowest BCUT2D eigenvalue weighted by Gasteiger charge is -2.07. The standard InChI is InChI=1S/C22H16FNO2/c23-17-12-10-15(11-13-17)14-24-20-18-8-4-5-9-19(18)26-22(20)21(25)16-6-2-1-3-7-16/h1-13,24H,14H2. The number of ketones is 1. The first-order chi connectivity index (χ1) is 12.7. The molecule has 1 aromatic heterocycles. The highest BCUT2D eigenvalue weighted by molar-refractivity contribution is 6.14. The number of nitrogens with one attached hydrogen (secondary N) is 1. The van der Waals surface area contributed by atoms with Gasteiger partial charge in [0.1, 0.15) is 11.4 Å². The van der Waals surface area contributed by atoms with Gasteiger partial charge >= 0.3 is 0 Å². The molecule has 1 heterocycles. The van der Waals surface area contributed by atoms with Crippen molar-refractivity contribution in [1.29, 1.82) is 0 Å². The minimum atomic E-state index is -0.276. The van der Waals surface area contributed by atoms with Crippen molar-refractivity contribution >= 4 is 22.4 Å². The lowest BCUT2D eigenvalue weighted by Crippen LogP contribution is -2.06. The predicted octanol–water partition coefficient (Wildman–Crippen LogP) is 5.42. The summed E-state index contributed by atoms with van der Waals surface area (Å²) in [5.41, 5.74) is 2.78. The predicted molar refractivity (Wildman–Crippen MR) is 99.8 cm³/mol. The Morgan fingerprint density at radius 2 is 1.58 bits per heavy atom. The van der Waals surface area contributed by atoms with Crippen molar-refractivity contribution in [1.82, 2.24) is 0 Å². The van der Waals surface area contributed by atoms with E-state index in [0.29, 0.717) is 23.4 Å². The van der Waals surface area contributed by atoms with Crippen molar-refractivity contribution in [3.8, 4) is 0 Å². The second-order valence-corrected chi connectivity index (χ2v) is 5.98. The molecule has 4 heteroatoms. The number of rotatable bonds is 5. The van der Waals surface area contributed by atoms with Crippen molar-refractivity contribution in [3.63, 3.8) is 0 Å². The summed E-state index contributed by atoms with van der Waals surface area (Å²) >= 11 is 0. The Hall–Kier alpha value is -3.40. The molecule has 0 aliphatic rings. The van der Waals surface area contributed by atoms with E-state index in [4.69, 9.17) is 4.42 Å². The van der Waals surface area contributed by atoms with Crippen LogP contribution in [0.3, 0.4) is 0 Å². The highest BCUT2D eigenvalue weighted by Crippen LogP contribution is 2.32. The van der Waals surface area contributed by atoms with Gasteiger partial charge in [0.05, 0.1) is 5.69 Å². The van der Waals surface area contributed by atoms with Gasteiger partial charge in [-0.25, -0.2) is 4.39 Å². The summed E-state index contributed by atoms with van der Waals surface area (Å²) in [6.45, 7) is 0.457. The first-order valence-corrected chi connectivity index (χ1v) is 8.32. The number of carbonyl (C=O) groups excluding carboxylic acids is 1. The van der Waals surface area contributed by atoms with Gasteiger partial charge in [0.2, 0.25) is 5.78 Å². The zero-order valence-electron chi connectivity index (χ0n) is 13.9. The summed E-state index contributed by atoms with van der Waals surface area (Å²) in [5.74, 6) is -0.176. The third-order valence-electron chi connectivity index (χ3n) is 4.22. The van der Waals surface area contributed by atoms with Crippen molar-refractivity contribution in [3.05, 3.63) is 102 Å². The maximum Gasteiger partial charge on any atom is 0.230 e. The van der Waals surface area contributed by atoms with E-state index >= 15 is 0 Å². The zero-order valence-corrected chi connectivity index (χ0v) is 13.9. The van der Waals surface area contributed by atoms with Crippen LogP contribution in [-0.2, 0) is 6.54 Å². The molecule has 0 saturated heterocycles. The number of anilines is 1. The molecule has 0 fully saturated rings. The van der Waals surface area contributed by atoms with Gasteiger partial charge in [-0.15, -0.1) is 0 Å². The van der Waals surface area contributed by atoms with Gasteiger partial charge < -0.3 is 9.73 Å². The average molecular weight is 345 g/mol. The lowest BCUT2D eigenvalue weighted by atomic mass is 10.1. The molecule has 0 amide bonds. The first kappa shape index (κ1) is 16.1. The molecule has 0 saturated carbocycles. The van der Waals surface area contributed by atoms with Gasteiger partial charge in [0, 0.05) is 17.5 Å². The van der Waals surface area contributed by atoms with E-state index in [0.717, 1.165) is 10.9 Å². The van der Waals surface area contributed by atoms with Crippen LogP contribution in [0.2, 0.25) is 0 Å². The van der Waals surface area contributed by atoms with Gasteiger partial charge in [-0.05, 0) is 29.8 Å². The van der Waals surface area contributed by atoms with Gasteiger partial charge in [-0.3, -0.25) is 4.79 Å². The molecule has 0 spiro atoms. The minimum Gasteiger partial charge on any atom is -0.450 e. The zero-order chi connectivity index (χ0) is 17.9. The highest BCUT2D eigenvalue weighted by Gasteiger charge is 2.21. The summed E-state index contributed by atoms with van der Waals surface area (Å²) in [5, 5.41) is 4.13. The van der Waals surface area contributed by atoms with Crippen LogP contribution >= 0.6 is 0 Å². The van der Waals surface area contributed by atoms with Crippen LogP contribution in [0.25, 0.3) is 11.0 Å². The molecule has 3 nitrogen and oxygen atoms in total. The third-order valence-corrected chi connectivity index (χ3v) is 4.22. The Labute approximate surface area is 150 Å². The van der Waals surface area contributed by atoms with E-state index < -0.39 is 0 Å². The van der Waals surface area contributed by atoms with E-state index in [2.05, 4.69) is 5.32 Å². The fraction of sp³-hybridized carbons (Fsp3) is 0.0455. The summed E-state index contributed by atoms with van der Waals surface area (Å²) in [7, 11) is 0. The molecule has 4 aromatic rings. The lowest BCUT2D eigenvalue weighted by molar-refractivity contribution is 0.101. The smallest absolute Gasteiger partial charge is 0.230 e. The largest absolute Gasteiger partial charge is 0.450 e. The maximum atomic E-state index is 13.1. The number of carbonyl (C=O) groups is 1. The third kappa shape index (κ3) is 3.09. The van der Waals surface area contributed by atoms with Gasteiger partial charge in [0.25, 0.3) is 0 Å². The Balaban J connectivity index is 1.72. The van der Waals surface area contributed by atoms with Gasteiger partial charge in [-0.1, -0.05) is 54.6 Å².